The van der Waals surface area contributed by atoms with Crippen molar-refractivity contribution in [1.82, 2.24) is 10.6 Å². The van der Waals surface area contributed by atoms with E-state index in [1.54, 1.807) is 0 Å². The zero-order valence-corrected chi connectivity index (χ0v) is 11.7. The number of hydrogen-bond acceptors (Lipinski definition) is 2. The van der Waals surface area contributed by atoms with Crippen LogP contribution < -0.4 is 10.6 Å². The smallest absolute Gasteiger partial charge is 0.220 e. The average molecular weight is 260 g/mol. The van der Waals surface area contributed by atoms with Gasteiger partial charge in [-0.2, -0.15) is 0 Å². The summed E-state index contributed by atoms with van der Waals surface area (Å²) >= 11 is 0. The molecule has 0 spiro atoms. The fraction of sp³-hybridized carbons (Fsp3) is 0.562. The van der Waals surface area contributed by atoms with Crippen LogP contribution in [0.1, 0.15) is 25.3 Å². The Balaban J connectivity index is 1.67. The first-order chi connectivity index (χ1) is 9.25. The van der Waals surface area contributed by atoms with Crippen molar-refractivity contribution >= 4 is 5.91 Å². The predicted octanol–water partition coefficient (Wildman–Crippen LogP) is 1.98. The molecule has 0 radical (unpaired) electrons. The standard InChI is InChI=1S/C16H24N2O/c1-13-11-17-10-9-15(13)12-18-16(19)8-7-14-5-3-2-4-6-14/h2-6,13,15,17H,7-12H2,1H3,(H,18,19). The summed E-state index contributed by atoms with van der Waals surface area (Å²) in [7, 11) is 0. The van der Waals surface area contributed by atoms with Gasteiger partial charge in [0, 0.05) is 13.0 Å². The first kappa shape index (κ1) is 14.1. The molecule has 1 amide bonds. The van der Waals surface area contributed by atoms with Crippen molar-refractivity contribution in [1.29, 1.82) is 0 Å². The van der Waals surface area contributed by atoms with Crippen LogP contribution in [-0.4, -0.2) is 25.5 Å². The van der Waals surface area contributed by atoms with Crippen molar-refractivity contribution in [2.24, 2.45) is 11.8 Å². The monoisotopic (exact) mass is 260 g/mol. The molecule has 1 fully saturated rings. The van der Waals surface area contributed by atoms with Crippen LogP contribution in [0.2, 0.25) is 0 Å². The van der Waals surface area contributed by atoms with E-state index in [-0.39, 0.29) is 5.91 Å². The second-order valence-electron chi connectivity index (χ2n) is 5.52. The first-order valence-corrected chi connectivity index (χ1v) is 7.27. The Morgan fingerprint density at radius 2 is 2.16 bits per heavy atom. The van der Waals surface area contributed by atoms with Gasteiger partial charge in [0.25, 0.3) is 0 Å². The maximum absolute atomic E-state index is 11.8. The molecular weight excluding hydrogens is 236 g/mol. The number of carbonyl (C=O) groups is 1. The summed E-state index contributed by atoms with van der Waals surface area (Å²) in [6.07, 6.45) is 2.58. The zero-order valence-electron chi connectivity index (χ0n) is 11.7. The SMILES string of the molecule is CC1CNCCC1CNC(=O)CCc1ccccc1. The number of aryl methyl sites for hydroxylation is 1. The summed E-state index contributed by atoms with van der Waals surface area (Å²) < 4.78 is 0. The van der Waals surface area contributed by atoms with Gasteiger partial charge in [0.1, 0.15) is 0 Å². The largest absolute Gasteiger partial charge is 0.356 e. The van der Waals surface area contributed by atoms with Crippen LogP contribution in [0.5, 0.6) is 0 Å². The van der Waals surface area contributed by atoms with E-state index in [1.165, 1.54) is 12.0 Å². The van der Waals surface area contributed by atoms with Crippen LogP contribution in [0.4, 0.5) is 0 Å². The Labute approximate surface area is 115 Å². The summed E-state index contributed by atoms with van der Waals surface area (Å²) in [6, 6.07) is 10.2. The van der Waals surface area contributed by atoms with Gasteiger partial charge in [-0.15, -0.1) is 0 Å². The van der Waals surface area contributed by atoms with E-state index in [0.717, 1.165) is 26.1 Å². The molecule has 104 valence electrons. The lowest BCUT2D eigenvalue weighted by Crippen LogP contribution is -2.41. The Bertz CT molecular complexity index is 391. The molecule has 2 atom stereocenters. The van der Waals surface area contributed by atoms with Gasteiger partial charge in [-0.05, 0) is 43.3 Å². The van der Waals surface area contributed by atoms with Crippen molar-refractivity contribution in [2.75, 3.05) is 19.6 Å². The van der Waals surface area contributed by atoms with E-state index < -0.39 is 0 Å². The Kier molecular flexibility index (Phi) is 5.40. The highest BCUT2D eigenvalue weighted by Gasteiger charge is 2.21. The molecule has 1 aromatic rings. The van der Waals surface area contributed by atoms with Gasteiger partial charge in [-0.1, -0.05) is 37.3 Å². The molecule has 1 heterocycles. The molecule has 3 heteroatoms. The van der Waals surface area contributed by atoms with Gasteiger partial charge in [-0.25, -0.2) is 0 Å². The summed E-state index contributed by atoms with van der Waals surface area (Å²) in [5.74, 6) is 1.46. The minimum absolute atomic E-state index is 0.176. The first-order valence-electron chi connectivity index (χ1n) is 7.27. The third kappa shape index (κ3) is 4.67. The van der Waals surface area contributed by atoms with E-state index in [9.17, 15) is 4.79 Å². The van der Waals surface area contributed by atoms with E-state index in [1.807, 2.05) is 18.2 Å². The molecule has 0 bridgehead atoms. The van der Waals surface area contributed by atoms with Gasteiger partial charge in [-0.3, -0.25) is 4.79 Å². The number of piperidine rings is 1. The summed E-state index contributed by atoms with van der Waals surface area (Å²) in [6.45, 7) is 5.24. The van der Waals surface area contributed by atoms with Crippen molar-refractivity contribution in [3.05, 3.63) is 35.9 Å². The normalized spacial score (nSPS) is 23.0. The molecular formula is C16H24N2O. The highest BCUT2D eigenvalue weighted by molar-refractivity contribution is 5.76. The minimum Gasteiger partial charge on any atom is -0.356 e. The van der Waals surface area contributed by atoms with Crippen LogP contribution in [0.3, 0.4) is 0 Å². The highest BCUT2D eigenvalue weighted by atomic mass is 16.1. The Morgan fingerprint density at radius 3 is 2.89 bits per heavy atom. The number of rotatable bonds is 5. The lowest BCUT2D eigenvalue weighted by atomic mass is 9.88. The number of hydrogen-bond donors (Lipinski definition) is 2. The fourth-order valence-electron chi connectivity index (χ4n) is 2.61. The van der Waals surface area contributed by atoms with Crippen molar-refractivity contribution in [3.63, 3.8) is 0 Å². The maximum Gasteiger partial charge on any atom is 0.220 e. The lowest BCUT2D eigenvalue weighted by Gasteiger charge is -2.29. The topological polar surface area (TPSA) is 41.1 Å². The molecule has 1 aliphatic heterocycles. The van der Waals surface area contributed by atoms with Gasteiger partial charge >= 0.3 is 0 Å². The second-order valence-corrected chi connectivity index (χ2v) is 5.52. The maximum atomic E-state index is 11.8. The Morgan fingerprint density at radius 1 is 1.37 bits per heavy atom. The molecule has 3 nitrogen and oxygen atoms in total. The summed E-state index contributed by atoms with van der Waals surface area (Å²) in [5, 5.41) is 6.47. The van der Waals surface area contributed by atoms with Crippen LogP contribution >= 0.6 is 0 Å². The average Bonchev–Trinajstić information content (AvgIpc) is 2.45. The van der Waals surface area contributed by atoms with Crippen LogP contribution in [0, 0.1) is 11.8 Å². The predicted molar refractivity (Wildman–Crippen MR) is 77.9 cm³/mol. The van der Waals surface area contributed by atoms with E-state index in [0.29, 0.717) is 18.3 Å². The van der Waals surface area contributed by atoms with Gasteiger partial charge in [0.15, 0.2) is 0 Å². The number of nitrogens with one attached hydrogen (secondary N) is 2. The van der Waals surface area contributed by atoms with E-state index in [2.05, 4.69) is 29.7 Å². The van der Waals surface area contributed by atoms with E-state index >= 15 is 0 Å². The molecule has 1 aromatic carbocycles. The molecule has 0 aliphatic carbocycles. The Hall–Kier alpha value is -1.35. The van der Waals surface area contributed by atoms with Gasteiger partial charge in [0.2, 0.25) is 5.91 Å². The fourth-order valence-corrected chi connectivity index (χ4v) is 2.61. The third-order valence-electron chi connectivity index (χ3n) is 4.01. The quantitative estimate of drug-likeness (QED) is 0.850. The van der Waals surface area contributed by atoms with Gasteiger partial charge < -0.3 is 10.6 Å². The minimum atomic E-state index is 0.176. The van der Waals surface area contributed by atoms with Crippen molar-refractivity contribution < 1.29 is 4.79 Å². The van der Waals surface area contributed by atoms with Gasteiger partial charge in [0.05, 0.1) is 0 Å². The molecule has 2 unspecified atom stereocenters. The number of amides is 1. The van der Waals surface area contributed by atoms with Crippen LogP contribution in [0.25, 0.3) is 0 Å². The second kappa shape index (κ2) is 7.29. The third-order valence-corrected chi connectivity index (χ3v) is 4.01. The van der Waals surface area contributed by atoms with Crippen LogP contribution in [-0.2, 0) is 11.2 Å². The molecule has 2 N–H and O–H groups in total. The van der Waals surface area contributed by atoms with Crippen molar-refractivity contribution in [3.8, 4) is 0 Å². The van der Waals surface area contributed by atoms with Crippen LogP contribution in [0.15, 0.2) is 30.3 Å². The highest BCUT2D eigenvalue weighted by Crippen LogP contribution is 2.17. The molecule has 0 aromatic heterocycles. The summed E-state index contributed by atoms with van der Waals surface area (Å²) in [5.41, 5.74) is 1.23. The summed E-state index contributed by atoms with van der Waals surface area (Å²) in [4.78, 5) is 11.8. The molecule has 19 heavy (non-hydrogen) atoms. The zero-order chi connectivity index (χ0) is 13.5. The van der Waals surface area contributed by atoms with Crippen molar-refractivity contribution in [2.45, 2.75) is 26.2 Å². The lowest BCUT2D eigenvalue weighted by molar-refractivity contribution is -0.121. The molecule has 2 rings (SSSR count). The molecule has 0 saturated carbocycles. The number of carbonyl (C=O) groups excluding carboxylic acids is 1. The number of benzene rings is 1. The molecule has 1 aliphatic rings. The molecule has 1 saturated heterocycles. The van der Waals surface area contributed by atoms with E-state index in [4.69, 9.17) is 0 Å².